The lowest BCUT2D eigenvalue weighted by molar-refractivity contribution is 0.0267. The van der Waals surface area contributed by atoms with Crippen molar-refractivity contribution in [2.75, 3.05) is 13.1 Å². The highest BCUT2D eigenvalue weighted by Crippen LogP contribution is 2.32. The molecule has 1 aliphatic carbocycles. The van der Waals surface area contributed by atoms with Crippen LogP contribution in [0.3, 0.4) is 0 Å². The third-order valence-corrected chi connectivity index (χ3v) is 5.00. The molecule has 0 aromatic heterocycles. The average Bonchev–Trinajstić information content (AvgIpc) is 2.90. The van der Waals surface area contributed by atoms with Gasteiger partial charge >= 0.3 is 0 Å². The molecule has 3 aliphatic rings. The molecule has 1 unspecified atom stereocenters. The monoisotopic (exact) mass is 250 g/mol. The van der Waals surface area contributed by atoms with Crippen molar-refractivity contribution in [3.8, 4) is 0 Å². The Morgan fingerprint density at radius 3 is 2.50 bits per heavy atom. The summed E-state index contributed by atoms with van der Waals surface area (Å²) in [6.07, 6.45) is 11.0. The Morgan fingerprint density at radius 1 is 1.06 bits per heavy atom. The van der Waals surface area contributed by atoms with Gasteiger partial charge in [0.05, 0.1) is 0 Å². The van der Waals surface area contributed by atoms with Crippen molar-refractivity contribution in [2.24, 2.45) is 17.0 Å². The Hall–Kier alpha value is -0.730. The van der Waals surface area contributed by atoms with Crippen LogP contribution in [0.4, 0.5) is 0 Å². The number of nitrogens with zero attached hydrogens (tertiary/aromatic N) is 2. The van der Waals surface area contributed by atoms with Crippen LogP contribution in [-0.4, -0.2) is 29.9 Å². The molecule has 1 atom stereocenters. The Kier molecular flexibility index (Phi) is 3.76. The van der Waals surface area contributed by atoms with Gasteiger partial charge in [-0.2, -0.15) is 0 Å². The van der Waals surface area contributed by atoms with Gasteiger partial charge in [-0.15, -0.1) is 0 Å². The van der Waals surface area contributed by atoms with E-state index in [1.807, 2.05) is 0 Å². The summed E-state index contributed by atoms with van der Waals surface area (Å²) in [6.45, 7) is 4.72. The molecular weight excluding hydrogens is 224 g/mol. The van der Waals surface area contributed by atoms with Crippen LogP contribution in [0.2, 0.25) is 0 Å². The molecule has 3 rings (SSSR count). The summed E-state index contributed by atoms with van der Waals surface area (Å²) in [5, 5.41) is 4.38. The molecule has 0 aromatic carbocycles. The minimum absolute atomic E-state index is 0.389. The normalized spacial score (nSPS) is 31.3. The Bertz CT molecular complexity index is 302. The fourth-order valence-electron chi connectivity index (χ4n) is 3.60. The zero-order valence-corrected chi connectivity index (χ0v) is 11.6. The largest absolute Gasteiger partial charge is 0.390 e. The number of likely N-dealkylation sites (tertiary alicyclic amines) is 1. The number of rotatable bonds is 1. The van der Waals surface area contributed by atoms with Gasteiger partial charge in [-0.05, 0) is 37.5 Å². The van der Waals surface area contributed by atoms with E-state index >= 15 is 0 Å². The van der Waals surface area contributed by atoms with E-state index in [0.717, 1.165) is 18.3 Å². The molecule has 0 bridgehead atoms. The molecule has 102 valence electrons. The molecule has 2 aliphatic heterocycles. The highest BCUT2D eigenvalue weighted by molar-refractivity contribution is 5.83. The van der Waals surface area contributed by atoms with Crippen molar-refractivity contribution >= 4 is 5.84 Å². The van der Waals surface area contributed by atoms with E-state index in [-0.39, 0.29) is 0 Å². The van der Waals surface area contributed by atoms with Crippen molar-refractivity contribution in [1.29, 1.82) is 0 Å². The molecule has 3 heteroatoms. The summed E-state index contributed by atoms with van der Waals surface area (Å²) in [4.78, 5) is 8.19. The van der Waals surface area contributed by atoms with Gasteiger partial charge in [0.2, 0.25) is 0 Å². The van der Waals surface area contributed by atoms with Crippen molar-refractivity contribution < 1.29 is 4.84 Å². The van der Waals surface area contributed by atoms with Gasteiger partial charge in [0, 0.05) is 19.5 Å². The van der Waals surface area contributed by atoms with Crippen LogP contribution in [0, 0.1) is 11.8 Å². The zero-order chi connectivity index (χ0) is 12.4. The summed E-state index contributed by atoms with van der Waals surface area (Å²) in [7, 11) is 0. The molecule has 18 heavy (non-hydrogen) atoms. The van der Waals surface area contributed by atoms with Crippen molar-refractivity contribution in [1.82, 2.24) is 4.90 Å². The van der Waals surface area contributed by atoms with Crippen LogP contribution in [0.5, 0.6) is 0 Å². The van der Waals surface area contributed by atoms with E-state index in [1.54, 1.807) is 0 Å². The van der Waals surface area contributed by atoms with Crippen molar-refractivity contribution in [3.05, 3.63) is 0 Å². The minimum atomic E-state index is 0.389. The standard InChI is InChI=1S/C15H26N2O/c1-12-7-9-17(10-8-12)15-11-14(18-16-15)13-5-3-2-4-6-13/h12-14H,2-11H2,1H3. The van der Waals surface area contributed by atoms with Gasteiger partial charge in [0.15, 0.2) is 0 Å². The molecule has 1 saturated carbocycles. The smallest absolute Gasteiger partial charge is 0.148 e. The number of oxime groups is 1. The lowest BCUT2D eigenvalue weighted by Gasteiger charge is -2.31. The third-order valence-electron chi connectivity index (χ3n) is 5.00. The number of hydrogen-bond donors (Lipinski definition) is 0. The Labute approximate surface area is 111 Å². The summed E-state index contributed by atoms with van der Waals surface area (Å²) >= 11 is 0. The molecule has 0 amide bonds. The maximum absolute atomic E-state index is 5.73. The number of amidine groups is 1. The highest BCUT2D eigenvalue weighted by Gasteiger charge is 2.33. The van der Waals surface area contributed by atoms with E-state index in [2.05, 4.69) is 17.0 Å². The minimum Gasteiger partial charge on any atom is -0.390 e. The third kappa shape index (κ3) is 2.65. The molecule has 0 spiro atoms. The highest BCUT2D eigenvalue weighted by atomic mass is 16.6. The number of piperidine rings is 1. The summed E-state index contributed by atoms with van der Waals surface area (Å²) in [5.74, 6) is 2.89. The summed E-state index contributed by atoms with van der Waals surface area (Å²) in [5.41, 5.74) is 0. The van der Waals surface area contributed by atoms with Crippen LogP contribution >= 0.6 is 0 Å². The van der Waals surface area contributed by atoms with E-state index in [0.29, 0.717) is 6.10 Å². The van der Waals surface area contributed by atoms with Crippen LogP contribution in [0.25, 0.3) is 0 Å². The molecular formula is C15H26N2O. The molecule has 0 aromatic rings. The van der Waals surface area contributed by atoms with Crippen LogP contribution in [-0.2, 0) is 4.84 Å². The van der Waals surface area contributed by atoms with E-state index in [4.69, 9.17) is 4.84 Å². The van der Waals surface area contributed by atoms with Crippen molar-refractivity contribution in [2.45, 2.75) is 64.4 Å². The van der Waals surface area contributed by atoms with Gasteiger partial charge in [-0.25, -0.2) is 0 Å². The van der Waals surface area contributed by atoms with Gasteiger partial charge in [-0.3, -0.25) is 0 Å². The van der Waals surface area contributed by atoms with Crippen molar-refractivity contribution in [3.63, 3.8) is 0 Å². The second kappa shape index (κ2) is 5.50. The van der Waals surface area contributed by atoms with E-state index in [9.17, 15) is 0 Å². The molecule has 3 nitrogen and oxygen atoms in total. The number of hydrogen-bond acceptors (Lipinski definition) is 3. The lowest BCUT2D eigenvalue weighted by Crippen LogP contribution is -2.38. The first-order valence-electron chi connectivity index (χ1n) is 7.80. The second-order valence-corrected chi connectivity index (χ2v) is 6.42. The van der Waals surface area contributed by atoms with E-state index in [1.165, 1.54) is 63.9 Å². The first kappa shape index (κ1) is 12.3. The van der Waals surface area contributed by atoms with Gasteiger partial charge < -0.3 is 9.74 Å². The predicted molar refractivity (Wildman–Crippen MR) is 73.5 cm³/mol. The van der Waals surface area contributed by atoms with Crippen LogP contribution in [0.1, 0.15) is 58.3 Å². The molecule has 1 saturated heterocycles. The predicted octanol–water partition coefficient (Wildman–Crippen LogP) is 3.40. The maximum Gasteiger partial charge on any atom is 0.148 e. The van der Waals surface area contributed by atoms with Gasteiger partial charge in [-0.1, -0.05) is 31.3 Å². The average molecular weight is 250 g/mol. The second-order valence-electron chi connectivity index (χ2n) is 6.42. The van der Waals surface area contributed by atoms with E-state index < -0.39 is 0 Å². The first-order valence-corrected chi connectivity index (χ1v) is 7.80. The Morgan fingerprint density at radius 2 is 1.78 bits per heavy atom. The van der Waals surface area contributed by atoms with Crippen LogP contribution in [0.15, 0.2) is 5.16 Å². The fraction of sp³-hybridized carbons (Fsp3) is 0.933. The van der Waals surface area contributed by atoms with Gasteiger partial charge in [0.25, 0.3) is 0 Å². The maximum atomic E-state index is 5.73. The SMILES string of the molecule is CC1CCN(C2=NOC(C3CCCCC3)C2)CC1. The first-order chi connectivity index (χ1) is 8.83. The fourth-order valence-corrected chi connectivity index (χ4v) is 3.60. The molecule has 0 radical (unpaired) electrons. The summed E-state index contributed by atoms with van der Waals surface area (Å²) in [6, 6.07) is 0. The summed E-state index contributed by atoms with van der Waals surface area (Å²) < 4.78 is 0. The lowest BCUT2D eigenvalue weighted by atomic mass is 9.84. The Balaban J connectivity index is 1.51. The molecule has 2 heterocycles. The molecule has 0 N–H and O–H groups in total. The van der Waals surface area contributed by atoms with Gasteiger partial charge in [0.1, 0.15) is 11.9 Å². The molecule has 2 fully saturated rings. The zero-order valence-electron chi connectivity index (χ0n) is 11.6. The van der Waals surface area contributed by atoms with Crippen LogP contribution < -0.4 is 0 Å². The quantitative estimate of drug-likeness (QED) is 0.712. The topological polar surface area (TPSA) is 24.8 Å².